The number of esters is 1. The van der Waals surface area contributed by atoms with Crippen LogP contribution in [0.1, 0.15) is 38.3 Å². The van der Waals surface area contributed by atoms with E-state index in [1.54, 1.807) is 23.6 Å². The summed E-state index contributed by atoms with van der Waals surface area (Å²) in [6.07, 6.45) is 2.07. The highest BCUT2D eigenvalue weighted by molar-refractivity contribution is 5.73. The maximum absolute atomic E-state index is 12.3. The molecule has 2 aromatic rings. The molecule has 0 aromatic carbocycles. The molecular weight excluding hydrogens is 352 g/mol. The molecule has 0 amide bonds. The van der Waals surface area contributed by atoms with Crippen molar-refractivity contribution in [1.29, 1.82) is 0 Å². The van der Waals surface area contributed by atoms with Gasteiger partial charge in [0.2, 0.25) is 0 Å². The van der Waals surface area contributed by atoms with Crippen molar-refractivity contribution in [1.82, 2.24) is 14.6 Å². The van der Waals surface area contributed by atoms with E-state index in [2.05, 4.69) is 10.1 Å². The molecule has 3 heterocycles. The number of carbonyl (C=O) groups is 1. The number of carbonyl (C=O) groups excluding carboxylic acids is 1. The number of aliphatic hydroxyl groups excluding tert-OH is 1. The van der Waals surface area contributed by atoms with Crippen molar-refractivity contribution in [3.8, 4) is 0 Å². The van der Waals surface area contributed by atoms with Crippen molar-refractivity contribution in [2.24, 2.45) is 5.92 Å². The Labute approximate surface area is 155 Å². The van der Waals surface area contributed by atoms with Gasteiger partial charge in [-0.1, -0.05) is 12.8 Å². The van der Waals surface area contributed by atoms with Crippen LogP contribution >= 0.6 is 0 Å². The summed E-state index contributed by atoms with van der Waals surface area (Å²) in [6, 6.07) is 3.47. The highest BCUT2D eigenvalue weighted by Crippen LogP contribution is 2.59. The SMILES string of the molecule is C[C@@]1(c2ccc3c(N)ncnn23)O[C@@H]2C(OC(=O)C3CCCC3)[C@]2(O)[C@H]1O. The number of nitrogen functional groups attached to an aromatic ring is 1. The summed E-state index contributed by atoms with van der Waals surface area (Å²) in [4.78, 5) is 16.2. The van der Waals surface area contributed by atoms with E-state index in [1.807, 2.05) is 0 Å². The minimum Gasteiger partial charge on any atom is -0.456 e. The van der Waals surface area contributed by atoms with Gasteiger partial charge in [-0.3, -0.25) is 4.79 Å². The average molecular weight is 374 g/mol. The number of aromatic nitrogens is 3. The van der Waals surface area contributed by atoms with Crippen LogP contribution in [0.25, 0.3) is 5.52 Å². The number of fused-ring (bicyclic) bond motifs is 2. The first-order chi connectivity index (χ1) is 12.9. The minimum absolute atomic E-state index is 0.118. The summed E-state index contributed by atoms with van der Waals surface area (Å²) < 4.78 is 13.0. The van der Waals surface area contributed by atoms with Gasteiger partial charge in [-0.05, 0) is 31.9 Å². The molecule has 1 unspecified atom stereocenters. The number of anilines is 1. The molecule has 0 bridgehead atoms. The van der Waals surface area contributed by atoms with Gasteiger partial charge in [0.1, 0.15) is 29.7 Å². The zero-order valence-electron chi connectivity index (χ0n) is 14.9. The van der Waals surface area contributed by atoms with Gasteiger partial charge in [0, 0.05) is 0 Å². The largest absolute Gasteiger partial charge is 0.456 e. The van der Waals surface area contributed by atoms with E-state index in [9.17, 15) is 15.0 Å². The Hall–Kier alpha value is -2.23. The van der Waals surface area contributed by atoms with Gasteiger partial charge in [0.25, 0.3) is 0 Å². The lowest BCUT2D eigenvalue weighted by atomic mass is 9.91. The normalized spacial score (nSPS) is 38.3. The van der Waals surface area contributed by atoms with E-state index in [4.69, 9.17) is 15.2 Å². The first-order valence-corrected chi connectivity index (χ1v) is 9.25. The molecule has 5 atom stereocenters. The highest BCUT2D eigenvalue weighted by atomic mass is 16.6. The van der Waals surface area contributed by atoms with Crippen molar-refractivity contribution < 1.29 is 24.5 Å². The number of ether oxygens (including phenoxy) is 2. The predicted octanol–water partition coefficient (Wildman–Crippen LogP) is 0.133. The average Bonchev–Trinajstić information content (AvgIpc) is 3.16. The Balaban J connectivity index is 1.40. The molecule has 144 valence electrons. The second-order valence-electron chi connectivity index (χ2n) is 7.94. The number of rotatable bonds is 3. The fourth-order valence-electron chi connectivity index (χ4n) is 4.64. The van der Waals surface area contributed by atoms with Crippen molar-refractivity contribution in [3.63, 3.8) is 0 Å². The monoisotopic (exact) mass is 374 g/mol. The standard InChI is InChI=1S/C18H22N4O5/c1-17(11-7-6-10-14(19)20-8-21-22(10)11)16(24)18(25)12(13(18)27-17)26-15(23)9-4-2-3-5-9/h6-9,12-13,16,24-25H,2-5H2,1H3,(H2,19,20,21)/t12?,13-,16+,17+,18-/m1/s1. The van der Waals surface area contributed by atoms with Gasteiger partial charge >= 0.3 is 5.97 Å². The quantitative estimate of drug-likeness (QED) is 0.646. The van der Waals surface area contributed by atoms with Gasteiger partial charge in [-0.25, -0.2) is 9.50 Å². The summed E-state index contributed by atoms with van der Waals surface area (Å²) in [7, 11) is 0. The minimum atomic E-state index is -1.62. The maximum atomic E-state index is 12.3. The predicted molar refractivity (Wildman–Crippen MR) is 92.4 cm³/mol. The molecule has 5 rings (SSSR count). The molecule has 9 nitrogen and oxygen atoms in total. The second-order valence-corrected chi connectivity index (χ2v) is 7.94. The molecule has 2 aromatic heterocycles. The van der Waals surface area contributed by atoms with Crippen LogP contribution in [0.4, 0.5) is 5.82 Å². The van der Waals surface area contributed by atoms with Crippen LogP contribution in [0.5, 0.6) is 0 Å². The molecule has 0 radical (unpaired) electrons. The third kappa shape index (κ3) is 2.13. The van der Waals surface area contributed by atoms with Crippen LogP contribution in [0, 0.1) is 5.92 Å². The smallest absolute Gasteiger partial charge is 0.309 e. The molecule has 2 aliphatic carbocycles. The Kier molecular flexibility index (Phi) is 3.38. The van der Waals surface area contributed by atoms with Gasteiger partial charge < -0.3 is 25.4 Å². The third-order valence-electron chi connectivity index (χ3n) is 6.33. The molecule has 1 saturated heterocycles. The van der Waals surface area contributed by atoms with Crippen LogP contribution in [0.15, 0.2) is 18.5 Å². The van der Waals surface area contributed by atoms with Crippen LogP contribution < -0.4 is 5.73 Å². The van der Waals surface area contributed by atoms with Crippen LogP contribution in [-0.2, 0) is 19.9 Å². The molecule has 0 spiro atoms. The molecule has 3 fully saturated rings. The lowest BCUT2D eigenvalue weighted by Crippen LogP contribution is -2.46. The number of aliphatic hydroxyl groups is 2. The fourth-order valence-corrected chi connectivity index (χ4v) is 4.64. The highest BCUT2D eigenvalue weighted by Gasteiger charge is 2.82. The number of nitrogens with two attached hydrogens (primary N) is 1. The van der Waals surface area contributed by atoms with Gasteiger partial charge in [0.15, 0.2) is 17.5 Å². The van der Waals surface area contributed by atoms with Gasteiger partial charge in [-0.15, -0.1) is 0 Å². The van der Waals surface area contributed by atoms with Crippen LogP contribution in [0.3, 0.4) is 0 Å². The molecule has 4 N–H and O–H groups in total. The third-order valence-corrected chi connectivity index (χ3v) is 6.33. The van der Waals surface area contributed by atoms with Crippen molar-refractivity contribution >= 4 is 17.3 Å². The van der Waals surface area contributed by atoms with Crippen molar-refractivity contribution in [3.05, 3.63) is 24.2 Å². The summed E-state index contributed by atoms with van der Waals surface area (Å²) in [5, 5.41) is 26.0. The fraction of sp³-hybridized carbons (Fsp3) is 0.611. The Bertz CT molecular complexity index is 926. The van der Waals surface area contributed by atoms with E-state index in [-0.39, 0.29) is 11.9 Å². The summed E-state index contributed by atoms with van der Waals surface area (Å²) in [5.41, 5.74) is 4.15. The zero-order chi connectivity index (χ0) is 19.0. The summed E-state index contributed by atoms with van der Waals surface area (Å²) in [6.45, 7) is 1.68. The van der Waals surface area contributed by atoms with Crippen molar-refractivity contribution in [2.45, 2.75) is 62.1 Å². The van der Waals surface area contributed by atoms with E-state index >= 15 is 0 Å². The Morgan fingerprint density at radius 3 is 2.81 bits per heavy atom. The number of hydrogen-bond donors (Lipinski definition) is 3. The van der Waals surface area contributed by atoms with Crippen LogP contribution in [0.2, 0.25) is 0 Å². The maximum Gasteiger partial charge on any atom is 0.309 e. The summed E-state index contributed by atoms with van der Waals surface area (Å²) in [5.74, 6) is -0.126. The van der Waals surface area contributed by atoms with E-state index < -0.39 is 29.5 Å². The van der Waals surface area contributed by atoms with Gasteiger partial charge in [-0.2, -0.15) is 5.10 Å². The zero-order valence-corrected chi connectivity index (χ0v) is 14.9. The molecular formula is C18H22N4O5. The van der Waals surface area contributed by atoms with E-state index in [1.165, 1.54) is 6.33 Å². The topological polar surface area (TPSA) is 132 Å². The molecule has 27 heavy (non-hydrogen) atoms. The first-order valence-electron chi connectivity index (χ1n) is 9.25. The molecule has 3 aliphatic rings. The van der Waals surface area contributed by atoms with E-state index in [0.717, 1.165) is 25.7 Å². The van der Waals surface area contributed by atoms with Crippen LogP contribution in [-0.4, -0.2) is 54.7 Å². The number of nitrogens with zero attached hydrogens (tertiary/aromatic N) is 3. The van der Waals surface area contributed by atoms with Crippen molar-refractivity contribution in [2.75, 3.05) is 5.73 Å². The van der Waals surface area contributed by atoms with E-state index in [0.29, 0.717) is 17.0 Å². The first kappa shape index (κ1) is 16.9. The molecule has 9 heteroatoms. The van der Waals surface area contributed by atoms with Gasteiger partial charge in [0.05, 0.1) is 11.6 Å². The number of hydrogen-bond acceptors (Lipinski definition) is 8. The second kappa shape index (κ2) is 5.40. The lowest BCUT2D eigenvalue weighted by molar-refractivity contribution is -0.168. The summed E-state index contributed by atoms with van der Waals surface area (Å²) >= 11 is 0. The Morgan fingerprint density at radius 2 is 2.15 bits per heavy atom. The Morgan fingerprint density at radius 1 is 1.41 bits per heavy atom. The lowest BCUT2D eigenvalue weighted by Gasteiger charge is -2.32. The molecule has 2 saturated carbocycles. The molecule has 1 aliphatic heterocycles.